The Bertz CT molecular complexity index is 831. The molecule has 0 unspecified atom stereocenters. The quantitative estimate of drug-likeness (QED) is 0.791. The zero-order chi connectivity index (χ0) is 18.7. The molecule has 0 bridgehead atoms. The number of carbonyl (C=O) groups excluding carboxylic acids is 3. The zero-order valence-electron chi connectivity index (χ0n) is 13.6. The highest BCUT2D eigenvalue weighted by molar-refractivity contribution is 6.42. The number of anilines is 1. The van der Waals surface area contributed by atoms with E-state index in [1.165, 1.54) is 23.3 Å². The third-order valence-electron chi connectivity index (χ3n) is 3.96. The third-order valence-corrected chi connectivity index (χ3v) is 4.51. The minimum absolute atomic E-state index is 0.237. The molecule has 1 aliphatic rings. The molecule has 0 atom stereocenters. The fourth-order valence-corrected chi connectivity index (χ4v) is 3.03. The van der Waals surface area contributed by atoms with E-state index in [4.69, 9.17) is 27.6 Å². The maximum atomic E-state index is 12.3. The van der Waals surface area contributed by atoms with Crippen LogP contribution in [0.25, 0.3) is 0 Å². The number of hydrogen-bond donors (Lipinski definition) is 1. The van der Waals surface area contributed by atoms with Crippen LogP contribution >= 0.6 is 23.2 Å². The highest BCUT2D eigenvalue weighted by atomic mass is 35.5. The Morgan fingerprint density at radius 3 is 2.31 bits per heavy atom. The van der Waals surface area contributed by atoms with Crippen LogP contribution in [0, 0.1) is 0 Å². The van der Waals surface area contributed by atoms with Crippen LogP contribution in [0.5, 0.6) is 0 Å². The summed E-state index contributed by atoms with van der Waals surface area (Å²) in [6.45, 7) is 1.15. The number of nitrogens with one attached hydrogen (secondary N) is 1. The van der Waals surface area contributed by atoms with Gasteiger partial charge in [0.25, 0.3) is 5.91 Å². The molecule has 26 heavy (non-hydrogen) atoms. The van der Waals surface area contributed by atoms with E-state index < -0.39 is 11.8 Å². The van der Waals surface area contributed by atoms with Gasteiger partial charge in [-0.3, -0.25) is 14.4 Å². The predicted octanol–water partition coefficient (Wildman–Crippen LogP) is 2.51. The first-order chi connectivity index (χ1) is 12.5. The molecule has 0 spiro atoms. The van der Waals surface area contributed by atoms with Crippen molar-refractivity contribution in [1.82, 2.24) is 9.80 Å². The molecule has 136 valence electrons. The minimum Gasteiger partial charge on any atom is -0.459 e. The molecule has 3 amide bonds. The maximum Gasteiger partial charge on any atom is 0.313 e. The molecule has 0 aliphatic carbocycles. The molecule has 1 fully saturated rings. The molecule has 9 heteroatoms. The van der Waals surface area contributed by atoms with E-state index in [0.717, 1.165) is 0 Å². The Labute approximate surface area is 159 Å². The summed E-state index contributed by atoms with van der Waals surface area (Å²) in [5.41, 5.74) is 0.307. The first-order valence-electron chi connectivity index (χ1n) is 7.84. The molecule has 1 aromatic heterocycles. The van der Waals surface area contributed by atoms with Gasteiger partial charge in [0.2, 0.25) is 0 Å². The lowest BCUT2D eigenvalue weighted by atomic mass is 10.2. The first kappa shape index (κ1) is 18.3. The molecule has 1 aromatic carbocycles. The van der Waals surface area contributed by atoms with Gasteiger partial charge < -0.3 is 19.5 Å². The second-order valence-electron chi connectivity index (χ2n) is 5.64. The molecule has 1 aliphatic heterocycles. The number of carbonyl (C=O) groups is 3. The van der Waals surface area contributed by atoms with Crippen LogP contribution in [0.1, 0.15) is 10.6 Å². The van der Waals surface area contributed by atoms with Gasteiger partial charge in [0.15, 0.2) is 5.76 Å². The number of hydrogen-bond acceptors (Lipinski definition) is 4. The Hall–Kier alpha value is -2.51. The molecule has 1 N–H and O–H groups in total. The van der Waals surface area contributed by atoms with Crippen molar-refractivity contribution >= 4 is 46.6 Å². The van der Waals surface area contributed by atoms with Crippen molar-refractivity contribution in [3.63, 3.8) is 0 Å². The molecule has 7 nitrogen and oxygen atoms in total. The third kappa shape index (κ3) is 4.00. The number of piperazine rings is 1. The Kier molecular flexibility index (Phi) is 5.49. The molecule has 2 aromatic rings. The number of nitrogens with zero attached hydrogens (tertiary/aromatic N) is 2. The van der Waals surface area contributed by atoms with Crippen molar-refractivity contribution in [2.75, 3.05) is 31.5 Å². The smallest absolute Gasteiger partial charge is 0.313 e. The maximum absolute atomic E-state index is 12.3. The summed E-state index contributed by atoms with van der Waals surface area (Å²) in [4.78, 5) is 39.6. The molecule has 1 saturated heterocycles. The van der Waals surface area contributed by atoms with E-state index in [1.54, 1.807) is 23.1 Å². The Morgan fingerprint density at radius 1 is 1.00 bits per heavy atom. The number of benzene rings is 1. The highest BCUT2D eigenvalue weighted by Crippen LogP contribution is 2.25. The summed E-state index contributed by atoms with van der Waals surface area (Å²) in [6, 6.07) is 7.78. The first-order valence-corrected chi connectivity index (χ1v) is 8.59. The minimum atomic E-state index is -0.792. The largest absolute Gasteiger partial charge is 0.459 e. The van der Waals surface area contributed by atoms with Gasteiger partial charge in [-0.25, -0.2) is 0 Å². The summed E-state index contributed by atoms with van der Waals surface area (Å²) in [7, 11) is 0. The average molecular weight is 396 g/mol. The van der Waals surface area contributed by atoms with E-state index in [-0.39, 0.29) is 29.8 Å². The molecule has 0 saturated carbocycles. The van der Waals surface area contributed by atoms with Crippen molar-refractivity contribution in [2.45, 2.75) is 0 Å². The van der Waals surface area contributed by atoms with Gasteiger partial charge >= 0.3 is 11.8 Å². The number of amides is 3. The molecule has 2 heterocycles. The lowest BCUT2D eigenvalue weighted by molar-refractivity contribution is -0.144. The van der Waals surface area contributed by atoms with Crippen LogP contribution in [0.4, 0.5) is 5.69 Å². The molecular formula is C17H15Cl2N3O4. The van der Waals surface area contributed by atoms with Crippen LogP contribution in [0.3, 0.4) is 0 Å². The summed E-state index contributed by atoms with van der Waals surface area (Å²) in [6.07, 6.45) is 1.43. The second kappa shape index (κ2) is 7.80. The normalized spacial score (nSPS) is 14.2. The lowest BCUT2D eigenvalue weighted by Gasteiger charge is -2.33. The number of halogens is 2. The van der Waals surface area contributed by atoms with Gasteiger partial charge in [-0.2, -0.15) is 0 Å². The second-order valence-corrected chi connectivity index (χ2v) is 6.48. The van der Waals surface area contributed by atoms with Crippen molar-refractivity contribution in [1.29, 1.82) is 0 Å². The summed E-state index contributed by atoms with van der Waals surface area (Å²) in [5.74, 6) is -1.46. The van der Waals surface area contributed by atoms with E-state index in [2.05, 4.69) is 5.32 Å². The molecule has 0 radical (unpaired) electrons. The van der Waals surface area contributed by atoms with Crippen LogP contribution in [-0.2, 0) is 9.59 Å². The van der Waals surface area contributed by atoms with Gasteiger partial charge in [0, 0.05) is 31.2 Å². The summed E-state index contributed by atoms with van der Waals surface area (Å²) >= 11 is 11.8. The van der Waals surface area contributed by atoms with Crippen molar-refractivity contribution in [3.05, 3.63) is 52.4 Å². The molecule has 3 rings (SSSR count). The van der Waals surface area contributed by atoms with Gasteiger partial charge in [-0.1, -0.05) is 23.2 Å². The van der Waals surface area contributed by atoms with Gasteiger partial charge in [0.1, 0.15) is 0 Å². The Morgan fingerprint density at radius 2 is 1.69 bits per heavy atom. The van der Waals surface area contributed by atoms with Crippen molar-refractivity contribution in [3.8, 4) is 0 Å². The Balaban J connectivity index is 1.56. The monoisotopic (exact) mass is 395 g/mol. The van der Waals surface area contributed by atoms with E-state index >= 15 is 0 Å². The van der Waals surface area contributed by atoms with Crippen molar-refractivity contribution < 1.29 is 18.8 Å². The molecular weight excluding hydrogens is 381 g/mol. The predicted molar refractivity (Wildman–Crippen MR) is 96.3 cm³/mol. The van der Waals surface area contributed by atoms with Crippen molar-refractivity contribution in [2.24, 2.45) is 0 Å². The number of furan rings is 1. The van der Waals surface area contributed by atoms with Crippen LogP contribution in [0.15, 0.2) is 41.0 Å². The standard InChI is InChI=1S/C17H15Cl2N3O4/c18-11-3-4-13(12(19)10-11)20-15(23)17(25)22-7-5-21(6-8-22)16(24)14-2-1-9-26-14/h1-4,9-10H,5-8H2,(H,20,23). The van der Waals surface area contributed by atoms with E-state index in [1.807, 2.05) is 0 Å². The SMILES string of the molecule is O=C(Nc1ccc(Cl)cc1Cl)C(=O)N1CCN(C(=O)c2ccco2)CC1. The lowest BCUT2D eigenvalue weighted by Crippen LogP contribution is -2.52. The van der Waals surface area contributed by atoms with E-state index in [0.29, 0.717) is 23.8 Å². The summed E-state index contributed by atoms with van der Waals surface area (Å²) < 4.78 is 5.09. The average Bonchev–Trinajstić information content (AvgIpc) is 3.17. The van der Waals surface area contributed by atoms with E-state index in [9.17, 15) is 14.4 Å². The fourth-order valence-electron chi connectivity index (χ4n) is 2.58. The zero-order valence-corrected chi connectivity index (χ0v) is 15.1. The van der Waals surface area contributed by atoms with Crippen LogP contribution < -0.4 is 5.32 Å². The topological polar surface area (TPSA) is 82.9 Å². The highest BCUT2D eigenvalue weighted by Gasteiger charge is 2.29. The van der Waals surface area contributed by atoms with Gasteiger partial charge in [0.05, 0.1) is 17.0 Å². The van der Waals surface area contributed by atoms with Gasteiger partial charge in [-0.05, 0) is 30.3 Å². The van der Waals surface area contributed by atoms with Crippen LogP contribution in [-0.4, -0.2) is 53.7 Å². The van der Waals surface area contributed by atoms with Gasteiger partial charge in [-0.15, -0.1) is 0 Å². The number of rotatable bonds is 2. The fraction of sp³-hybridized carbons (Fsp3) is 0.235. The van der Waals surface area contributed by atoms with Crippen LogP contribution in [0.2, 0.25) is 10.0 Å². The summed E-state index contributed by atoms with van der Waals surface area (Å²) in [5, 5.41) is 3.15.